The Morgan fingerprint density at radius 3 is 3.14 bits per heavy atom. The predicted molar refractivity (Wildman–Crippen MR) is 73.9 cm³/mol. The first-order chi connectivity index (χ1) is 10.2. The second-order valence-corrected chi connectivity index (χ2v) is 4.81. The number of carbonyl (C=O) groups excluding carboxylic acids is 1. The number of nitrogens with one attached hydrogen (secondary N) is 2. The number of carbonyl (C=O) groups is 1. The van der Waals surface area contributed by atoms with Crippen LogP contribution in [0.2, 0.25) is 0 Å². The van der Waals surface area contributed by atoms with Crippen molar-refractivity contribution in [1.82, 2.24) is 15.3 Å². The van der Waals surface area contributed by atoms with Crippen molar-refractivity contribution in [3.8, 4) is 11.5 Å². The van der Waals surface area contributed by atoms with Gasteiger partial charge < -0.3 is 19.5 Å². The number of nitrogens with zero attached hydrogens (tertiary/aromatic N) is 1. The van der Waals surface area contributed by atoms with Gasteiger partial charge in [-0.05, 0) is 31.0 Å². The molecule has 0 saturated carbocycles. The minimum atomic E-state index is -0.592. The van der Waals surface area contributed by atoms with Crippen LogP contribution in [0, 0.1) is 0 Å². The second-order valence-electron chi connectivity index (χ2n) is 4.81. The van der Waals surface area contributed by atoms with E-state index in [1.807, 2.05) is 0 Å². The average Bonchev–Trinajstić information content (AvgIpc) is 3.17. The van der Waals surface area contributed by atoms with E-state index in [9.17, 15) is 9.59 Å². The fraction of sp³-hybridized carbons (Fsp3) is 0.357. The topological polar surface area (TPSA) is 97.2 Å². The number of aromatic nitrogens is 2. The number of hydrogen-bond donors (Lipinski definition) is 2. The number of furan rings is 1. The molecule has 0 radical (unpaired) electrons. The molecule has 7 nitrogen and oxygen atoms in total. The highest BCUT2D eigenvalue weighted by Crippen LogP contribution is 2.16. The first kappa shape index (κ1) is 13.6. The highest BCUT2D eigenvalue weighted by Gasteiger charge is 2.18. The van der Waals surface area contributed by atoms with Gasteiger partial charge in [-0.15, -0.1) is 0 Å². The van der Waals surface area contributed by atoms with Crippen LogP contribution in [-0.2, 0) is 4.74 Å². The van der Waals surface area contributed by atoms with Crippen LogP contribution in [0.25, 0.3) is 11.5 Å². The fourth-order valence-corrected chi connectivity index (χ4v) is 2.24. The van der Waals surface area contributed by atoms with Gasteiger partial charge >= 0.3 is 5.69 Å². The lowest BCUT2D eigenvalue weighted by molar-refractivity contribution is 0.0853. The number of ether oxygens (including phenoxy) is 1. The van der Waals surface area contributed by atoms with Gasteiger partial charge in [-0.2, -0.15) is 4.98 Å². The fourth-order valence-electron chi connectivity index (χ4n) is 2.24. The van der Waals surface area contributed by atoms with Crippen LogP contribution in [0.4, 0.5) is 0 Å². The Morgan fingerprint density at radius 2 is 2.43 bits per heavy atom. The first-order valence-corrected chi connectivity index (χ1v) is 6.77. The highest BCUT2D eigenvalue weighted by molar-refractivity contribution is 5.92. The Bertz CT molecular complexity index is 672. The zero-order valence-corrected chi connectivity index (χ0v) is 11.3. The molecule has 1 fully saturated rings. The van der Waals surface area contributed by atoms with Crippen LogP contribution >= 0.6 is 0 Å². The molecule has 0 aromatic carbocycles. The summed E-state index contributed by atoms with van der Waals surface area (Å²) in [6.45, 7) is 1.15. The molecule has 2 aromatic rings. The summed E-state index contributed by atoms with van der Waals surface area (Å²) in [5.74, 6) is 0.0760. The Labute approximate surface area is 120 Å². The summed E-state index contributed by atoms with van der Waals surface area (Å²) in [6, 6.07) is 4.88. The van der Waals surface area contributed by atoms with Gasteiger partial charge in [0.1, 0.15) is 11.5 Å². The van der Waals surface area contributed by atoms with Gasteiger partial charge in [0.05, 0.1) is 18.1 Å². The summed E-state index contributed by atoms with van der Waals surface area (Å²) < 4.78 is 10.6. The van der Waals surface area contributed by atoms with Gasteiger partial charge in [0.2, 0.25) is 0 Å². The third-order valence-electron chi connectivity index (χ3n) is 3.28. The zero-order chi connectivity index (χ0) is 14.7. The minimum absolute atomic E-state index is 0.0421. The molecule has 0 spiro atoms. The molecule has 3 heterocycles. The predicted octanol–water partition coefficient (Wildman–Crippen LogP) is 0.939. The maximum Gasteiger partial charge on any atom is 0.346 e. The van der Waals surface area contributed by atoms with Gasteiger partial charge in [-0.25, -0.2) is 4.79 Å². The van der Waals surface area contributed by atoms with Gasteiger partial charge in [0.15, 0.2) is 0 Å². The van der Waals surface area contributed by atoms with Crippen molar-refractivity contribution in [3.05, 3.63) is 40.6 Å². The molecular formula is C14H15N3O4. The summed E-state index contributed by atoms with van der Waals surface area (Å²) in [6.07, 6.45) is 3.47. The van der Waals surface area contributed by atoms with E-state index in [0.717, 1.165) is 19.4 Å². The van der Waals surface area contributed by atoms with E-state index < -0.39 is 11.6 Å². The van der Waals surface area contributed by atoms with Crippen molar-refractivity contribution in [1.29, 1.82) is 0 Å². The van der Waals surface area contributed by atoms with E-state index >= 15 is 0 Å². The summed E-state index contributed by atoms with van der Waals surface area (Å²) in [7, 11) is 0. The summed E-state index contributed by atoms with van der Waals surface area (Å²) in [5.41, 5.74) is -0.114. The van der Waals surface area contributed by atoms with Crippen LogP contribution in [-0.4, -0.2) is 35.1 Å². The van der Waals surface area contributed by atoms with Crippen LogP contribution in [0.15, 0.2) is 33.7 Å². The summed E-state index contributed by atoms with van der Waals surface area (Å²) >= 11 is 0. The molecule has 1 saturated heterocycles. The van der Waals surface area contributed by atoms with E-state index in [1.54, 1.807) is 12.1 Å². The number of H-pyrrole nitrogens is 1. The van der Waals surface area contributed by atoms with Gasteiger partial charge in [-0.3, -0.25) is 4.79 Å². The minimum Gasteiger partial charge on any atom is -0.463 e. The lowest BCUT2D eigenvalue weighted by Gasteiger charge is -2.10. The third kappa shape index (κ3) is 3.19. The second kappa shape index (κ2) is 5.92. The maximum atomic E-state index is 12.1. The molecule has 21 heavy (non-hydrogen) atoms. The third-order valence-corrected chi connectivity index (χ3v) is 3.28. The molecule has 3 rings (SSSR count). The van der Waals surface area contributed by atoms with E-state index in [2.05, 4.69) is 15.3 Å². The van der Waals surface area contributed by atoms with Crippen LogP contribution in [0.3, 0.4) is 0 Å². The number of aromatic amines is 1. The van der Waals surface area contributed by atoms with Crippen LogP contribution in [0.5, 0.6) is 0 Å². The van der Waals surface area contributed by atoms with Crippen LogP contribution < -0.4 is 11.0 Å². The highest BCUT2D eigenvalue weighted by atomic mass is 16.5. The smallest absolute Gasteiger partial charge is 0.346 e. The Hall–Kier alpha value is -2.41. The van der Waals surface area contributed by atoms with Crippen molar-refractivity contribution in [2.24, 2.45) is 0 Å². The van der Waals surface area contributed by atoms with Gasteiger partial charge in [0, 0.05) is 13.2 Å². The molecule has 1 aliphatic heterocycles. The lowest BCUT2D eigenvalue weighted by atomic mass is 10.2. The molecule has 2 N–H and O–H groups in total. The quantitative estimate of drug-likeness (QED) is 0.873. The Balaban J connectivity index is 1.75. The lowest BCUT2D eigenvalue weighted by Crippen LogP contribution is -2.33. The molecule has 1 atom stereocenters. The van der Waals surface area contributed by atoms with E-state index in [1.165, 1.54) is 12.3 Å². The monoisotopic (exact) mass is 289 g/mol. The van der Waals surface area contributed by atoms with Crippen LogP contribution in [0.1, 0.15) is 23.3 Å². The van der Waals surface area contributed by atoms with E-state index in [4.69, 9.17) is 9.15 Å². The normalized spacial score (nSPS) is 17.8. The average molecular weight is 289 g/mol. The number of rotatable bonds is 4. The largest absolute Gasteiger partial charge is 0.463 e. The maximum absolute atomic E-state index is 12.1. The number of hydrogen-bond acceptors (Lipinski definition) is 5. The zero-order valence-electron chi connectivity index (χ0n) is 11.3. The SMILES string of the molecule is O=C(NCC1CCCO1)c1cc(-c2ccco2)[nH]c(=O)n1. The molecule has 1 unspecified atom stereocenters. The summed E-state index contributed by atoms with van der Waals surface area (Å²) in [5, 5.41) is 2.73. The van der Waals surface area contributed by atoms with E-state index in [-0.39, 0.29) is 11.8 Å². The van der Waals surface area contributed by atoms with Gasteiger partial charge in [-0.1, -0.05) is 0 Å². The molecule has 1 amide bonds. The molecule has 0 aliphatic carbocycles. The Morgan fingerprint density at radius 1 is 1.52 bits per heavy atom. The Kier molecular flexibility index (Phi) is 3.83. The summed E-state index contributed by atoms with van der Waals surface area (Å²) in [4.78, 5) is 29.8. The van der Waals surface area contributed by atoms with Gasteiger partial charge in [0.25, 0.3) is 5.91 Å². The first-order valence-electron chi connectivity index (χ1n) is 6.77. The van der Waals surface area contributed by atoms with Crippen molar-refractivity contribution < 1.29 is 13.9 Å². The molecule has 1 aliphatic rings. The molecule has 7 heteroatoms. The molecule has 0 bridgehead atoms. The molecule has 2 aromatic heterocycles. The van der Waals surface area contributed by atoms with Crippen molar-refractivity contribution in [2.75, 3.05) is 13.2 Å². The number of amides is 1. The van der Waals surface area contributed by atoms with Crippen molar-refractivity contribution in [2.45, 2.75) is 18.9 Å². The molecular weight excluding hydrogens is 274 g/mol. The standard InChI is InChI=1S/C14H15N3O4/c18-13(15-8-9-3-1-5-20-9)11-7-10(16-14(19)17-11)12-4-2-6-21-12/h2,4,6-7,9H,1,3,5,8H2,(H,15,18)(H,16,17,19). The van der Waals surface area contributed by atoms with Crippen molar-refractivity contribution in [3.63, 3.8) is 0 Å². The van der Waals surface area contributed by atoms with E-state index in [0.29, 0.717) is 18.0 Å². The molecule has 110 valence electrons. The van der Waals surface area contributed by atoms with Crippen molar-refractivity contribution >= 4 is 5.91 Å².